The van der Waals surface area contributed by atoms with Gasteiger partial charge in [-0.15, -0.1) is 0 Å². The number of ether oxygens (including phenoxy) is 1. The van der Waals surface area contributed by atoms with Gasteiger partial charge in [0.1, 0.15) is 18.5 Å². The summed E-state index contributed by atoms with van der Waals surface area (Å²) in [5.41, 5.74) is 3.96. The molecule has 0 aliphatic carbocycles. The first-order valence-electron chi connectivity index (χ1n) is 16.2. The van der Waals surface area contributed by atoms with E-state index in [1.165, 1.54) is 25.7 Å². The van der Waals surface area contributed by atoms with E-state index in [1.54, 1.807) is 0 Å². The van der Waals surface area contributed by atoms with Crippen molar-refractivity contribution >= 4 is 11.9 Å². The maximum Gasteiger partial charge on any atom is 0.322 e. The van der Waals surface area contributed by atoms with Gasteiger partial charge in [0.15, 0.2) is 0 Å². The van der Waals surface area contributed by atoms with Crippen molar-refractivity contribution in [2.45, 2.75) is 83.9 Å². The van der Waals surface area contributed by atoms with Crippen LogP contribution in [-0.2, 0) is 21.4 Å². The Bertz CT molecular complexity index is 1560. The third-order valence-electron chi connectivity index (χ3n) is 7.88. The molecule has 250 valence electrons. The zero-order valence-electron chi connectivity index (χ0n) is 27.7. The van der Waals surface area contributed by atoms with E-state index in [-0.39, 0.29) is 11.8 Å². The molecule has 1 heterocycles. The van der Waals surface area contributed by atoms with E-state index in [1.807, 2.05) is 72.8 Å². The molecule has 0 spiro atoms. The second-order valence-corrected chi connectivity index (χ2v) is 12.7. The highest BCUT2D eigenvalue weighted by atomic mass is 16.5. The van der Waals surface area contributed by atoms with Crippen molar-refractivity contribution in [3.63, 3.8) is 0 Å². The number of aliphatic hydroxyl groups excluding tert-OH is 1. The number of carbonyl (C=O) groups is 2. The number of benzene rings is 3. The molecule has 0 saturated carbocycles. The van der Waals surface area contributed by atoms with Crippen molar-refractivity contribution < 1.29 is 29.1 Å². The van der Waals surface area contributed by atoms with Gasteiger partial charge in [0, 0.05) is 11.1 Å². The number of aliphatic hydroxyl groups is 1. The molecule has 47 heavy (non-hydrogen) atoms. The summed E-state index contributed by atoms with van der Waals surface area (Å²) < 4.78 is 11.4. The van der Waals surface area contributed by atoms with Crippen LogP contribution in [0, 0.1) is 0 Å². The van der Waals surface area contributed by atoms with E-state index in [2.05, 4.69) is 48.5 Å². The van der Waals surface area contributed by atoms with E-state index < -0.39 is 30.7 Å². The Balaban J connectivity index is 1.39. The lowest BCUT2D eigenvalue weighted by atomic mass is 9.86. The number of hydrogen-bond donors (Lipinski definition) is 4. The number of nitrogens with zero attached hydrogens (tertiary/aromatic N) is 2. The topological polar surface area (TPSA) is 147 Å². The Kier molecular flexibility index (Phi) is 12.7. The molecule has 0 radical (unpaired) electrons. The van der Waals surface area contributed by atoms with Gasteiger partial charge >= 0.3 is 5.97 Å². The number of aromatic nitrogens is 2. The number of carbonyl (C=O) groups excluding carboxylic acids is 1. The lowest BCUT2D eigenvalue weighted by Gasteiger charge is -2.24. The lowest BCUT2D eigenvalue weighted by Crippen LogP contribution is -2.48. The van der Waals surface area contributed by atoms with Crippen molar-refractivity contribution in [1.82, 2.24) is 20.8 Å². The Labute approximate surface area is 276 Å². The van der Waals surface area contributed by atoms with E-state index in [0.717, 1.165) is 34.4 Å². The molecule has 1 aromatic heterocycles. The SMILES string of the molecule is CCCCCCCOc1ccc(-c2nc(-c3ccc(C[C@H](NC(O)c4ccc(C(C)(C)C)cc4)C(=O)NCC(=O)O)cc3)no2)cc1. The first-order valence-corrected chi connectivity index (χ1v) is 16.2. The van der Waals surface area contributed by atoms with Crippen LogP contribution < -0.4 is 15.4 Å². The average Bonchev–Trinajstić information content (AvgIpc) is 3.55. The van der Waals surface area contributed by atoms with Crippen LogP contribution in [0.4, 0.5) is 0 Å². The number of carboxylic acid groups (broad SMARTS) is 1. The van der Waals surface area contributed by atoms with Crippen molar-refractivity contribution in [2.24, 2.45) is 0 Å². The highest BCUT2D eigenvalue weighted by Gasteiger charge is 2.24. The van der Waals surface area contributed by atoms with Crippen LogP contribution in [0.1, 0.15) is 82.7 Å². The summed E-state index contributed by atoms with van der Waals surface area (Å²) in [5.74, 6) is -0.0827. The minimum atomic E-state index is -1.16. The summed E-state index contributed by atoms with van der Waals surface area (Å²) >= 11 is 0. The molecule has 0 fully saturated rings. The summed E-state index contributed by atoms with van der Waals surface area (Å²) in [4.78, 5) is 28.6. The molecule has 10 heteroatoms. The van der Waals surface area contributed by atoms with E-state index in [0.29, 0.717) is 23.9 Å². The minimum absolute atomic E-state index is 0.0425. The van der Waals surface area contributed by atoms with Gasteiger partial charge in [-0.25, -0.2) is 0 Å². The number of hydrogen-bond acceptors (Lipinski definition) is 8. The van der Waals surface area contributed by atoms with Crippen LogP contribution in [0.3, 0.4) is 0 Å². The van der Waals surface area contributed by atoms with Crippen LogP contribution in [0.5, 0.6) is 5.75 Å². The molecule has 0 aliphatic rings. The van der Waals surface area contributed by atoms with Crippen LogP contribution in [0.25, 0.3) is 22.8 Å². The molecule has 10 nitrogen and oxygen atoms in total. The molecule has 4 N–H and O–H groups in total. The fourth-order valence-electron chi connectivity index (χ4n) is 5.04. The second-order valence-electron chi connectivity index (χ2n) is 12.7. The van der Waals surface area contributed by atoms with Gasteiger partial charge < -0.3 is 24.8 Å². The number of amides is 1. The summed E-state index contributed by atoms with van der Waals surface area (Å²) in [6, 6.07) is 21.5. The largest absolute Gasteiger partial charge is 0.494 e. The van der Waals surface area contributed by atoms with Gasteiger partial charge in [-0.05, 0) is 59.2 Å². The minimum Gasteiger partial charge on any atom is -0.494 e. The van der Waals surface area contributed by atoms with Crippen LogP contribution in [0.15, 0.2) is 77.3 Å². The van der Waals surface area contributed by atoms with E-state index in [4.69, 9.17) is 14.4 Å². The Morgan fingerprint density at radius 1 is 0.894 bits per heavy atom. The van der Waals surface area contributed by atoms with E-state index >= 15 is 0 Å². The van der Waals surface area contributed by atoms with Gasteiger partial charge in [-0.1, -0.05) is 107 Å². The van der Waals surface area contributed by atoms with Crippen LogP contribution in [-0.4, -0.2) is 51.4 Å². The molecule has 1 amide bonds. The third-order valence-corrected chi connectivity index (χ3v) is 7.88. The average molecular weight is 643 g/mol. The number of aliphatic carboxylic acids is 1. The molecule has 3 aromatic carbocycles. The third kappa shape index (κ3) is 10.8. The van der Waals surface area contributed by atoms with Gasteiger partial charge in [-0.3, -0.25) is 14.9 Å². The molecular weight excluding hydrogens is 596 g/mol. The highest BCUT2D eigenvalue weighted by Crippen LogP contribution is 2.26. The fraction of sp³-hybridized carbons (Fsp3) is 0.405. The predicted molar refractivity (Wildman–Crippen MR) is 181 cm³/mol. The maximum atomic E-state index is 13.0. The molecule has 0 saturated heterocycles. The molecular formula is C37H46N4O6. The van der Waals surface area contributed by atoms with Gasteiger partial charge in [-0.2, -0.15) is 4.98 Å². The Morgan fingerprint density at radius 2 is 1.55 bits per heavy atom. The zero-order chi connectivity index (χ0) is 33.8. The van der Waals surface area contributed by atoms with Crippen LogP contribution >= 0.6 is 0 Å². The van der Waals surface area contributed by atoms with Gasteiger partial charge in [0.25, 0.3) is 5.89 Å². The van der Waals surface area contributed by atoms with Crippen LogP contribution in [0.2, 0.25) is 0 Å². The molecule has 0 aliphatic heterocycles. The zero-order valence-corrected chi connectivity index (χ0v) is 27.7. The Morgan fingerprint density at radius 3 is 2.19 bits per heavy atom. The summed E-state index contributed by atoms with van der Waals surface area (Å²) in [6.45, 7) is 8.69. The van der Waals surface area contributed by atoms with E-state index in [9.17, 15) is 14.7 Å². The second kappa shape index (κ2) is 16.9. The first kappa shape index (κ1) is 35.3. The first-order chi connectivity index (χ1) is 22.5. The summed E-state index contributed by atoms with van der Waals surface area (Å²) in [6.07, 6.45) is 5.00. The highest BCUT2D eigenvalue weighted by molar-refractivity contribution is 5.85. The standard InChI is InChI=1S/C37H46N4O6/c1-5-6-7-8-9-22-46-30-20-16-28(17-21-30)36-40-33(41-47-36)26-12-10-25(11-13-26)23-31(35(45)38-24-32(42)43)39-34(44)27-14-18-29(19-15-27)37(2,3)4/h10-21,31,34,39,44H,5-9,22-24H2,1-4H3,(H,38,45)(H,42,43)/t31-,34?/m0/s1. The van der Waals surface area contributed by atoms with Gasteiger partial charge in [0.05, 0.1) is 12.6 Å². The summed E-state index contributed by atoms with van der Waals surface area (Å²) in [5, 5.41) is 29.5. The quantitative estimate of drug-likeness (QED) is 0.0754. The Hall–Kier alpha value is -4.54. The number of rotatable bonds is 17. The fourth-order valence-corrected chi connectivity index (χ4v) is 5.04. The van der Waals surface area contributed by atoms with Crippen molar-refractivity contribution in [3.8, 4) is 28.6 Å². The predicted octanol–water partition coefficient (Wildman–Crippen LogP) is 6.44. The van der Waals surface area contributed by atoms with Crippen molar-refractivity contribution in [1.29, 1.82) is 0 Å². The smallest absolute Gasteiger partial charge is 0.322 e. The lowest BCUT2D eigenvalue weighted by molar-refractivity contribution is -0.138. The normalized spacial score (nSPS) is 12.8. The number of unbranched alkanes of at least 4 members (excludes halogenated alkanes) is 4. The molecule has 2 atom stereocenters. The van der Waals surface area contributed by atoms with Crippen molar-refractivity contribution in [2.75, 3.05) is 13.2 Å². The molecule has 4 aromatic rings. The summed E-state index contributed by atoms with van der Waals surface area (Å²) in [7, 11) is 0. The molecule has 1 unspecified atom stereocenters. The van der Waals surface area contributed by atoms with Crippen molar-refractivity contribution in [3.05, 3.63) is 89.5 Å². The maximum absolute atomic E-state index is 13.0. The monoisotopic (exact) mass is 642 g/mol. The molecule has 0 bridgehead atoms. The number of carboxylic acids is 1. The molecule has 4 rings (SSSR count). The van der Waals surface area contributed by atoms with Gasteiger partial charge in [0.2, 0.25) is 11.7 Å². The number of nitrogens with one attached hydrogen (secondary N) is 2.